The second-order valence-corrected chi connectivity index (χ2v) is 7.23. The Kier molecular flexibility index (Phi) is 3.86. The van der Waals surface area contributed by atoms with Crippen LogP contribution in [0, 0.1) is 5.82 Å². The SMILES string of the molecule is CCNC1c2ccc(F)c(Br)c2CSC1(C)C. The number of fused-ring (bicyclic) bond motifs is 1. The Hall–Kier alpha value is -0.0600. The van der Waals surface area contributed by atoms with Crippen LogP contribution in [0.5, 0.6) is 0 Å². The Balaban J connectivity index is 2.50. The first-order valence-electron chi connectivity index (χ1n) is 5.81. The van der Waals surface area contributed by atoms with Gasteiger partial charge in [-0.05, 0) is 53.5 Å². The Morgan fingerprint density at radius 2 is 2.24 bits per heavy atom. The molecule has 1 heterocycles. The Morgan fingerprint density at radius 1 is 1.53 bits per heavy atom. The second kappa shape index (κ2) is 4.90. The van der Waals surface area contributed by atoms with Gasteiger partial charge in [0.15, 0.2) is 0 Å². The van der Waals surface area contributed by atoms with Gasteiger partial charge in [0.05, 0.1) is 4.47 Å². The molecule has 4 heteroatoms. The van der Waals surface area contributed by atoms with Gasteiger partial charge in [-0.1, -0.05) is 13.0 Å². The van der Waals surface area contributed by atoms with Crippen molar-refractivity contribution in [2.75, 3.05) is 6.54 Å². The van der Waals surface area contributed by atoms with Gasteiger partial charge in [-0.15, -0.1) is 11.8 Å². The Morgan fingerprint density at radius 3 is 2.88 bits per heavy atom. The molecule has 0 aliphatic carbocycles. The van der Waals surface area contributed by atoms with E-state index >= 15 is 0 Å². The third-order valence-electron chi connectivity index (χ3n) is 3.24. The van der Waals surface area contributed by atoms with E-state index < -0.39 is 0 Å². The van der Waals surface area contributed by atoms with E-state index in [9.17, 15) is 4.39 Å². The zero-order chi connectivity index (χ0) is 12.6. The largest absolute Gasteiger partial charge is 0.309 e. The fourth-order valence-corrected chi connectivity index (χ4v) is 4.19. The third-order valence-corrected chi connectivity index (χ3v) is 5.51. The van der Waals surface area contributed by atoms with Crippen molar-refractivity contribution in [2.24, 2.45) is 0 Å². The van der Waals surface area contributed by atoms with Crippen molar-refractivity contribution >= 4 is 27.7 Å². The number of thioether (sulfide) groups is 1. The lowest BCUT2D eigenvalue weighted by Crippen LogP contribution is -2.40. The predicted molar refractivity (Wildman–Crippen MR) is 75.9 cm³/mol. The summed E-state index contributed by atoms with van der Waals surface area (Å²) in [4.78, 5) is 0. The first kappa shape index (κ1) is 13.4. The predicted octanol–water partition coefficient (Wildman–Crippen LogP) is 4.26. The number of nitrogens with one attached hydrogen (secondary N) is 1. The topological polar surface area (TPSA) is 12.0 Å². The van der Waals surface area contributed by atoms with E-state index in [1.54, 1.807) is 6.07 Å². The van der Waals surface area contributed by atoms with Crippen LogP contribution in [0.15, 0.2) is 16.6 Å². The number of halogens is 2. The molecule has 0 saturated heterocycles. The normalized spacial score (nSPS) is 22.3. The van der Waals surface area contributed by atoms with Gasteiger partial charge in [0.25, 0.3) is 0 Å². The smallest absolute Gasteiger partial charge is 0.137 e. The molecule has 1 aliphatic rings. The lowest BCUT2D eigenvalue weighted by Gasteiger charge is -2.40. The van der Waals surface area contributed by atoms with Gasteiger partial charge >= 0.3 is 0 Å². The summed E-state index contributed by atoms with van der Waals surface area (Å²) in [6.07, 6.45) is 0. The summed E-state index contributed by atoms with van der Waals surface area (Å²) in [6, 6.07) is 3.75. The highest BCUT2D eigenvalue weighted by molar-refractivity contribution is 9.10. The molecule has 0 radical (unpaired) electrons. The van der Waals surface area contributed by atoms with Gasteiger partial charge < -0.3 is 5.32 Å². The second-order valence-electron chi connectivity index (χ2n) is 4.81. The molecule has 1 unspecified atom stereocenters. The molecule has 1 aromatic rings. The van der Waals surface area contributed by atoms with Crippen LogP contribution in [0.2, 0.25) is 0 Å². The molecule has 0 saturated carbocycles. The van der Waals surface area contributed by atoms with Crippen LogP contribution in [0.1, 0.15) is 37.9 Å². The van der Waals surface area contributed by atoms with Crippen molar-refractivity contribution in [3.05, 3.63) is 33.5 Å². The van der Waals surface area contributed by atoms with Crippen LogP contribution in [0.4, 0.5) is 4.39 Å². The van der Waals surface area contributed by atoms with Crippen molar-refractivity contribution in [1.82, 2.24) is 5.32 Å². The van der Waals surface area contributed by atoms with E-state index in [4.69, 9.17) is 0 Å². The molecule has 1 N–H and O–H groups in total. The summed E-state index contributed by atoms with van der Waals surface area (Å²) >= 11 is 5.24. The van der Waals surface area contributed by atoms with Crippen molar-refractivity contribution in [3.63, 3.8) is 0 Å². The quantitative estimate of drug-likeness (QED) is 0.874. The van der Waals surface area contributed by atoms with E-state index in [0.717, 1.165) is 17.9 Å². The highest BCUT2D eigenvalue weighted by Gasteiger charge is 2.37. The Labute approximate surface area is 115 Å². The van der Waals surface area contributed by atoms with E-state index in [2.05, 4.69) is 42.0 Å². The molecule has 1 aliphatic heterocycles. The highest BCUT2D eigenvalue weighted by atomic mass is 79.9. The summed E-state index contributed by atoms with van der Waals surface area (Å²) < 4.78 is 14.3. The van der Waals surface area contributed by atoms with Crippen molar-refractivity contribution in [3.8, 4) is 0 Å². The molecule has 0 spiro atoms. The summed E-state index contributed by atoms with van der Waals surface area (Å²) in [5.74, 6) is 0.696. The maximum absolute atomic E-state index is 13.5. The minimum Gasteiger partial charge on any atom is -0.309 e. The number of rotatable bonds is 2. The summed E-state index contributed by atoms with van der Waals surface area (Å²) in [6.45, 7) is 7.51. The molecule has 0 aromatic heterocycles. The van der Waals surface area contributed by atoms with Crippen LogP contribution in [-0.4, -0.2) is 11.3 Å². The molecule has 17 heavy (non-hydrogen) atoms. The van der Waals surface area contributed by atoms with Gasteiger partial charge in [-0.2, -0.15) is 0 Å². The van der Waals surface area contributed by atoms with Gasteiger partial charge in [-0.25, -0.2) is 4.39 Å². The molecular weight excluding hydrogens is 301 g/mol. The lowest BCUT2D eigenvalue weighted by atomic mass is 9.91. The molecule has 1 aromatic carbocycles. The maximum atomic E-state index is 13.5. The van der Waals surface area contributed by atoms with E-state index in [0.29, 0.717) is 4.47 Å². The van der Waals surface area contributed by atoms with Crippen molar-refractivity contribution < 1.29 is 4.39 Å². The van der Waals surface area contributed by atoms with E-state index in [-0.39, 0.29) is 16.6 Å². The van der Waals surface area contributed by atoms with Crippen LogP contribution < -0.4 is 5.32 Å². The number of hydrogen-bond acceptors (Lipinski definition) is 2. The average molecular weight is 318 g/mol. The fraction of sp³-hybridized carbons (Fsp3) is 0.538. The monoisotopic (exact) mass is 317 g/mol. The molecule has 0 fully saturated rings. The fourth-order valence-electron chi connectivity index (χ4n) is 2.30. The highest BCUT2D eigenvalue weighted by Crippen LogP contribution is 2.47. The average Bonchev–Trinajstić information content (AvgIpc) is 2.27. The number of benzene rings is 1. The lowest BCUT2D eigenvalue weighted by molar-refractivity contribution is 0.448. The molecule has 1 nitrogen and oxygen atoms in total. The summed E-state index contributed by atoms with van der Waals surface area (Å²) in [5.41, 5.74) is 2.32. The Bertz CT molecular complexity index is 434. The van der Waals surface area contributed by atoms with E-state index in [1.165, 1.54) is 5.56 Å². The zero-order valence-electron chi connectivity index (χ0n) is 10.3. The van der Waals surface area contributed by atoms with Gasteiger partial charge in [0.2, 0.25) is 0 Å². The molecule has 94 valence electrons. The third kappa shape index (κ3) is 2.40. The molecule has 0 bridgehead atoms. The van der Waals surface area contributed by atoms with E-state index in [1.807, 2.05) is 17.8 Å². The minimum atomic E-state index is -0.167. The summed E-state index contributed by atoms with van der Waals surface area (Å²) in [7, 11) is 0. The van der Waals surface area contributed by atoms with Crippen LogP contribution in [0.25, 0.3) is 0 Å². The standard InChI is InChI=1S/C13H17BrFNS/c1-4-16-12-8-5-6-10(15)11(14)9(8)7-17-13(12,2)3/h5-6,12,16H,4,7H2,1-3H3. The van der Waals surface area contributed by atoms with Gasteiger partial charge in [0.1, 0.15) is 5.82 Å². The zero-order valence-corrected chi connectivity index (χ0v) is 12.7. The number of hydrogen-bond donors (Lipinski definition) is 1. The maximum Gasteiger partial charge on any atom is 0.137 e. The van der Waals surface area contributed by atoms with Gasteiger partial charge in [0, 0.05) is 16.5 Å². The van der Waals surface area contributed by atoms with Gasteiger partial charge in [-0.3, -0.25) is 0 Å². The molecule has 1 atom stereocenters. The molecular formula is C13H17BrFNS. The molecule has 2 rings (SSSR count). The first-order chi connectivity index (χ1) is 7.97. The minimum absolute atomic E-state index is 0.139. The van der Waals surface area contributed by atoms with Crippen molar-refractivity contribution in [2.45, 2.75) is 37.3 Å². The van der Waals surface area contributed by atoms with Crippen molar-refractivity contribution in [1.29, 1.82) is 0 Å². The first-order valence-corrected chi connectivity index (χ1v) is 7.59. The van der Waals surface area contributed by atoms with Crippen LogP contribution in [-0.2, 0) is 5.75 Å². The van der Waals surface area contributed by atoms with Crippen LogP contribution >= 0.6 is 27.7 Å². The summed E-state index contributed by atoms with van der Waals surface area (Å²) in [5, 5.41) is 3.51. The van der Waals surface area contributed by atoms with Crippen LogP contribution in [0.3, 0.4) is 0 Å². The molecule has 0 amide bonds.